The van der Waals surface area contributed by atoms with Gasteiger partial charge in [0.1, 0.15) is 29.5 Å². The van der Waals surface area contributed by atoms with Crippen molar-refractivity contribution < 1.29 is 53.3 Å². The van der Waals surface area contributed by atoms with Crippen molar-refractivity contribution in [2.24, 2.45) is 0 Å². The predicted molar refractivity (Wildman–Crippen MR) is 302 cm³/mol. The first-order chi connectivity index (χ1) is 37.3. The summed E-state index contributed by atoms with van der Waals surface area (Å²) in [6.07, 6.45) is 6.36. The molecule has 0 bridgehead atoms. The van der Waals surface area contributed by atoms with Crippen LogP contribution in [-0.4, -0.2) is 116 Å². The Kier molecular flexibility index (Phi) is 16.6. The molecule has 3 atom stereocenters. The SMILES string of the molecule is C=C/C=C(\C=C)CC(NC(=O)C(Cc1ccccc1)NC(=O)C(CSc1cc2c3c(ccc4c5c(OC(C)(C)CO)cc6c7c(ccc(c1c34)c75)C(=O)N(C(CC)CC)C6=O)C(=O)N(C(CC)CC)C2=O)NC(C)=O)C(=O)O. The smallest absolute Gasteiger partial charge is 0.326 e. The summed E-state index contributed by atoms with van der Waals surface area (Å²) < 4.78 is 6.68. The van der Waals surface area contributed by atoms with Crippen molar-refractivity contribution >= 4 is 102 Å². The van der Waals surface area contributed by atoms with Crippen molar-refractivity contribution in [1.29, 1.82) is 0 Å². The van der Waals surface area contributed by atoms with Crippen LogP contribution in [0.1, 0.15) is 128 Å². The number of allylic oxidation sites excluding steroid dienone is 3. The average molecular weight is 1080 g/mol. The van der Waals surface area contributed by atoms with Crippen LogP contribution in [0.4, 0.5) is 0 Å². The number of amides is 7. The molecule has 2 aliphatic heterocycles. The Labute approximate surface area is 456 Å². The summed E-state index contributed by atoms with van der Waals surface area (Å²) >= 11 is 1.14. The van der Waals surface area contributed by atoms with Gasteiger partial charge in [-0.15, -0.1) is 11.8 Å². The molecule has 6 aromatic rings. The van der Waals surface area contributed by atoms with Crippen molar-refractivity contribution in [2.75, 3.05) is 12.4 Å². The number of aliphatic hydroxyl groups is 1. The lowest BCUT2D eigenvalue weighted by Gasteiger charge is -2.35. The highest BCUT2D eigenvalue weighted by Crippen LogP contribution is 2.52. The highest BCUT2D eigenvalue weighted by atomic mass is 32.2. The standard InChI is InChI=1S/C61H65N5O11S/c1-10-19-33(11-2)26-44(60(75)76)64-54(69)43(27-34-20-17-16-18-21-34)63-55(70)45(62-32(7)68)30-78-47-29-42-49-40(57(72)66(59(42)74)36(14-5)15-6)24-22-37-50-46(77-61(8,9)31-67)28-41-48-39(25-23-38(52(48)50)51(47)53(37)49)56(71)65(58(41)73)35(12-3)13-4/h10-11,16-25,28-29,35-36,43-45,67H,1-2,12-15,26-27,30-31H2,3-9H3,(H,62,68)(H,63,70)(H,64,69)(H,75,76)/b33-19+. The molecule has 6 aromatic carbocycles. The van der Waals surface area contributed by atoms with Crippen LogP contribution in [-0.2, 0) is 25.6 Å². The normalized spacial score (nSPS) is 14.9. The minimum Gasteiger partial charge on any atom is -0.485 e. The van der Waals surface area contributed by atoms with Gasteiger partial charge in [-0.25, -0.2) is 4.79 Å². The number of ether oxygens (including phenoxy) is 1. The molecule has 17 heteroatoms. The molecule has 0 saturated carbocycles. The lowest BCUT2D eigenvalue weighted by molar-refractivity contribution is -0.142. The van der Waals surface area contributed by atoms with Gasteiger partial charge < -0.3 is 30.9 Å². The number of nitrogens with zero attached hydrogens (tertiary/aromatic N) is 2. The number of carbonyl (C=O) groups excluding carboxylic acids is 7. The minimum absolute atomic E-state index is 0.0481. The summed E-state index contributed by atoms with van der Waals surface area (Å²) in [6, 6.07) is 14.2. The molecule has 8 rings (SSSR count). The number of imide groups is 2. The van der Waals surface area contributed by atoms with Gasteiger partial charge in [0.05, 0.1) is 12.2 Å². The van der Waals surface area contributed by atoms with Gasteiger partial charge >= 0.3 is 5.97 Å². The lowest BCUT2D eigenvalue weighted by atomic mass is 9.81. The maximum absolute atomic E-state index is 15.0. The van der Waals surface area contributed by atoms with Crippen LogP contribution in [0.3, 0.4) is 0 Å². The van der Waals surface area contributed by atoms with Gasteiger partial charge in [0.2, 0.25) is 17.7 Å². The van der Waals surface area contributed by atoms with E-state index in [1.54, 1.807) is 86.7 Å². The second kappa shape index (κ2) is 23.0. The highest BCUT2D eigenvalue weighted by Gasteiger charge is 2.42. The molecular formula is C61H65N5O11S. The number of hydrogen-bond donors (Lipinski definition) is 5. The molecule has 0 radical (unpaired) electrons. The number of carbonyl (C=O) groups is 8. The Morgan fingerprint density at radius 3 is 1.69 bits per heavy atom. The first kappa shape index (κ1) is 56.3. The summed E-state index contributed by atoms with van der Waals surface area (Å²) in [5, 5.41) is 32.7. The summed E-state index contributed by atoms with van der Waals surface area (Å²) in [5.74, 6) is -5.36. The van der Waals surface area contributed by atoms with Crippen LogP contribution in [0.5, 0.6) is 5.75 Å². The van der Waals surface area contributed by atoms with Gasteiger partial charge in [0, 0.05) is 91.5 Å². The lowest BCUT2D eigenvalue weighted by Crippen LogP contribution is -2.56. The van der Waals surface area contributed by atoms with E-state index in [-0.39, 0.29) is 41.0 Å². The van der Waals surface area contributed by atoms with Crippen molar-refractivity contribution in [3.8, 4) is 5.75 Å². The summed E-state index contributed by atoms with van der Waals surface area (Å²) in [7, 11) is 0. The number of aliphatic carboxylic acids is 1. The number of nitrogens with one attached hydrogen (secondary N) is 3. The number of hydrogen-bond acceptors (Lipinski definition) is 11. The van der Waals surface area contributed by atoms with E-state index in [0.717, 1.165) is 11.8 Å². The maximum Gasteiger partial charge on any atom is 0.326 e. The Morgan fingerprint density at radius 2 is 1.18 bits per heavy atom. The molecule has 0 aromatic heterocycles. The molecular weight excluding hydrogens is 1010 g/mol. The van der Waals surface area contributed by atoms with Crippen molar-refractivity contribution in [3.63, 3.8) is 0 Å². The van der Waals surface area contributed by atoms with Gasteiger partial charge in [-0.3, -0.25) is 43.4 Å². The Balaban J connectivity index is 1.33. The topological polar surface area (TPSA) is 229 Å². The van der Waals surface area contributed by atoms with Gasteiger partial charge in [0.15, 0.2) is 0 Å². The zero-order valence-electron chi connectivity index (χ0n) is 44.9. The molecule has 2 heterocycles. The third kappa shape index (κ3) is 10.4. The number of thioether (sulfide) groups is 1. The van der Waals surface area contributed by atoms with E-state index < -0.39 is 89.7 Å². The Morgan fingerprint density at radius 1 is 0.667 bits per heavy atom. The van der Waals surface area contributed by atoms with E-state index in [4.69, 9.17) is 4.74 Å². The van der Waals surface area contributed by atoms with Crippen molar-refractivity contribution in [1.82, 2.24) is 25.8 Å². The Hall–Kier alpha value is -7.89. The van der Waals surface area contributed by atoms with Gasteiger partial charge in [-0.1, -0.05) is 102 Å². The monoisotopic (exact) mass is 1080 g/mol. The summed E-state index contributed by atoms with van der Waals surface area (Å²) in [6.45, 7) is 19.3. The molecule has 16 nitrogen and oxygen atoms in total. The third-order valence-corrected chi connectivity index (χ3v) is 16.0. The molecule has 0 fully saturated rings. The number of carboxylic acids is 1. The van der Waals surface area contributed by atoms with E-state index in [1.807, 2.05) is 27.7 Å². The van der Waals surface area contributed by atoms with E-state index in [2.05, 4.69) is 29.1 Å². The molecule has 7 amide bonds. The van der Waals surface area contributed by atoms with E-state index in [0.29, 0.717) is 90.4 Å². The fourth-order valence-electron chi connectivity index (χ4n) is 10.9. The zero-order chi connectivity index (χ0) is 56.5. The number of aliphatic hydroxyl groups excluding tert-OH is 1. The predicted octanol–water partition coefficient (Wildman–Crippen LogP) is 9.04. The van der Waals surface area contributed by atoms with Gasteiger partial charge in [0.25, 0.3) is 23.6 Å². The summed E-state index contributed by atoms with van der Waals surface area (Å²) in [4.78, 5) is 117. The molecule has 0 aliphatic carbocycles. The van der Waals surface area contributed by atoms with Crippen LogP contribution in [0.15, 0.2) is 109 Å². The number of benzene rings is 6. The molecule has 0 spiro atoms. The van der Waals surface area contributed by atoms with E-state index in [1.165, 1.54) is 28.9 Å². The largest absolute Gasteiger partial charge is 0.485 e. The fourth-order valence-corrected chi connectivity index (χ4v) is 12.1. The first-order valence-corrected chi connectivity index (χ1v) is 27.3. The molecule has 78 heavy (non-hydrogen) atoms. The van der Waals surface area contributed by atoms with Crippen molar-refractivity contribution in [2.45, 2.75) is 128 Å². The number of carboxylic acid groups (broad SMARTS) is 1. The second-order valence-electron chi connectivity index (χ2n) is 20.4. The quantitative estimate of drug-likeness (QED) is 0.0126. The van der Waals surface area contributed by atoms with E-state index in [9.17, 15) is 43.8 Å². The summed E-state index contributed by atoms with van der Waals surface area (Å²) in [5.41, 5.74) is 0.984. The van der Waals surface area contributed by atoms with Crippen molar-refractivity contribution in [3.05, 3.63) is 132 Å². The number of fused-ring (bicyclic) bond motifs is 2. The maximum atomic E-state index is 15.0. The molecule has 5 N–H and O–H groups in total. The van der Waals surface area contributed by atoms with Crippen LogP contribution in [0, 0.1) is 0 Å². The van der Waals surface area contributed by atoms with Crippen LogP contribution in [0.25, 0.3) is 43.1 Å². The van der Waals surface area contributed by atoms with Crippen LogP contribution >= 0.6 is 11.8 Å². The van der Waals surface area contributed by atoms with E-state index >= 15 is 4.79 Å². The zero-order valence-corrected chi connectivity index (χ0v) is 45.7. The van der Waals surface area contributed by atoms with Gasteiger partial charge in [-0.05, 0) is 85.7 Å². The minimum atomic E-state index is -1.41. The van der Waals surface area contributed by atoms with Crippen LogP contribution in [0.2, 0.25) is 0 Å². The first-order valence-electron chi connectivity index (χ1n) is 26.3. The third-order valence-electron chi connectivity index (χ3n) is 14.9. The number of rotatable bonds is 24. The van der Waals surface area contributed by atoms with Gasteiger partial charge in [-0.2, -0.15) is 0 Å². The molecule has 2 aliphatic rings. The molecule has 3 unspecified atom stereocenters. The fraction of sp³-hybridized carbons (Fsp3) is 0.344. The Bertz CT molecular complexity index is 3490. The van der Waals surface area contributed by atoms with Crippen LogP contribution < -0.4 is 20.7 Å². The average Bonchev–Trinajstić information content (AvgIpc) is 3.29. The molecule has 406 valence electrons. The highest BCUT2D eigenvalue weighted by molar-refractivity contribution is 7.99. The molecule has 0 saturated heterocycles. The second-order valence-corrected chi connectivity index (χ2v) is 21.5.